The van der Waals surface area contributed by atoms with Crippen molar-refractivity contribution in [2.45, 2.75) is 5.41 Å². The van der Waals surface area contributed by atoms with E-state index < -0.39 is 5.41 Å². The molecule has 0 aromatic heterocycles. The fourth-order valence-corrected chi connectivity index (χ4v) is 8.21. The maximum atomic E-state index is 6.56. The third kappa shape index (κ3) is 3.40. The highest BCUT2D eigenvalue weighted by atomic mass is 16.5. The molecule has 1 aliphatic heterocycles. The Kier molecular flexibility index (Phi) is 5.27. The Labute approximate surface area is 268 Å². The lowest BCUT2D eigenvalue weighted by Crippen LogP contribution is -2.28. The fourth-order valence-electron chi connectivity index (χ4n) is 8.21. The molecule has 1 heteroatoms. The SMILES string of the molecule is c1ccc(C2(c3cccc(-c4cccc5c4-c4cccc6cccc(c46)O5)c3)c3ccccc3-c3cc4ccccc4cc32)cc1. The van der Waals surface area contributed by atoms with Gasteiger partial charge >= 0.3 is 0 Å². The van der Waals surface area contributed by atoms with Crippen molar-refractivity contribution in [2.24, 2.45) is 0 Å². The van der Waals surface area contributed by atoms with E-state index in [2.05, 4.69) is 170 Å². The molecular weight excluding hydrogens is 556 g/mol. The van der Waals surface area contributed by atoms with Crippen LogP contribution in [0.15, 0.2) is 170 Å². The smallest absolute Gasteiger partial charge is 0.135 e. The maximum absolute atomic E-state index is 6.56. The standard InChI is InChI=1S/C45H28O/c1-2-17-33(18-3-1)45(39-23-7-6-20-36(39)38-27-30-12-4-5-13-31(30)28-40(38)45)34-19-8-16-32(26-34)35-21-11-25-42-44(35)37-22-9-14-29-15-10-24-41(46-42)43(29)37/h1-28H. The molecule has 0 saturated carbocycles. The molecule has 1 unspecified atom stereocenters. The molecule has 1 aliphatic carbocycles. The van der Waals surface area contributed by atoms with Gasteiger partial charge in [-0.3, -0.25) is 0 Å². The van der Waals surface area contributed by atoms with Crippen LogP contribution < -0.4 is 4.74 Å². The highest BCUT2D eigenvalue weighted by Gasteiger charge is 2.46. The van der Waals surface area contributed by atoms with E-state index in [-0.39, 0.29) is 0 Å². The van der Waals surface area contributed by atoms with Crippen LogP contribution in [-0.2, 0) is 5.41 Å². The van der Waals surface area contributed by atoms with E-state index in [0.717, 1.165) is 17.1 Å². The molecule has 0 amide bonds. The van der Waals surface area contributed by atoms with Gasteiger partial charge in [0.2, 0.25) is 0 Å². The molecule has 0 radical (unpaired) electrons. The predicted octanol–water partition coefficient (Wildman–Crippen LogP) is 11.8. The number of ether oxygens (including phenoxy) is 1. The number of fused-ring (bicyclic) bond motifs is 6. The summed E-state index contributed by atoms with van der Waals surface area (Å²) in [5.74, 6) is 1.82. The zero-order chi connectivity index (χ0) is 30.2. The Morgan fingerprint density at radius 2 is 1.00 bits per heavy atom. The van der Waals surface area contributed by atoms with Crippen LogP contribution in [0.4, 0.5) is 0 Å². The Bertz CT molecular complexity index is 2500. The van der Waals surface area contributed by atoms with Crippen molar-refractivity contribution in [3.8, 4) is 44.9 Å². The quantitative estimate of drug-likeness (QED) is 0.201. The van der Waals surface area contributed by atoms with E-state index >= 15 is 0 Å². The van der Waals surface area contributed by atoms with Gasteiger partial charge in [0, 0.05) is 10.9 Å². The van der Waals surface area contributed by atoms with Crippen LogP contribution in [0.5, 0.6) is 11.5 Å². The first kappa shape index (κ1) is 25.4. The van der Waals surface area contributed by atoms with E-state index in [4.69, 9.17) is 4.74 Å². The molecule has 0 fully saturated rings. The van der Waals surface area contributed by atoms with Crippen LogP contribution in [-0.4, -0.2) is 0 Å². The van der Waals surface area contributed by atoms with Gasteiger partial charge in [0.1, 0.15) is 11.5 Å². The molecular formula is C45H28O. The van der Waals surface area contributed by atoms with Gasteiger partial charge in [-0.2, -0.15) is 0 Å². The second-order valence-electron chi connectivity index (χ2n) is 12.4. The molecule has 1 nitrogen and oxygen atoms in total. The van der Waals surface area contributed by atoms with Gasteiger partial charge in [-0.05, 0) is 96.6 Å². The molecule has 8 aromatic carbocycles. The summed E-state index contributed by atoms with van der Waals surface area (Å²) in [6, 6.07) is 62.1. The largest absolute Gasteiger partial charge is 0.456 e. The Balaban J connectivity index is 1.27. The fraction of sp³-hybridized carbons (Fsp3) is 0.0222. The molecule has 214 valence electrons. The van der Waals surface area contributed by atoms with Crippen molar-refractivity contribution >= 4 is 21.5 Å². The summed E-state index contributed by atoms with van der Waals surface area (Å²) in [4.78, 5) is 0. The number of benzene rings is 8. The average molecular weight is 585 g/mol. The lowest BCUT2D eigenvalue weighted by atomic mass is 9.67. The van der Waals surface area contributed by atoms with E-state index in [1.54, 1.807) is 0 Å². The minimum atomic E-state index is -0.481. The second kappa shape index (κ2) is 9.54. The minimum Gasteiger partial charge on any atom is -0.456 e. The van der Waals surface area contributed by atoms with E-state index in [0.29, 0.717) is 0 Å². The average Bonchev–Trinajstić information content (AvgIpc) is 3.41. The van der Waals surface area contributed by atoms with E-state index in [9.17, 15) is 0 Å². The van der Waals surface area contributed by atoms with Gasteiger partial charge in [0.05, 0.1) is 5.41 Å². The van der Waals surface area contributed by atoms with Gasteiger partial charge in [-0.25, -0.2) is 0 Å². The summed E-state index contributed by atoms with van der Waals surface area (Å²) in [6.45, 7) is 0. The number of hydrogen-bond acceptors (Lipinski definition) is 1. The van der Waals surface area contributed by atoms with Crippen molar-refractivity contribution in [1.82, 2.24) is 0 Å². The summed E-state index contributed by atoms with van der Waals surface area (Å²) >= 11 is 0. The molecule has 1 heterocycles. The highest BCUT2D eigenvalue weighted by Crippen LogP contribution is 2.57. The van der Waals surface area contributed by atoms with Gasteiger partial charge in [-0.15, -0.1) is 0 Å². The van der Waals surface area contributed by atoms with Crippen molar-refractivity contribution in [1.29, 1.82) is 0 Å². The van der Waals surface area contributed by atoms with Crippen LogP contribution in [0.1, 0.15) is 22.3 Å². The summed E-state index contributed by atoms with van der Waals surface area (Å²) < 4.78 is 6.56. The van der Waals surface area contributed by atoms with Gasteiger partial charge in [0.15, 0.2) is 0 Å². The molecule has 1 atom stereocenters. The van der Waals surface area contributed by atoms with Crippen molar-refractivity contribution in [2.75, 3.05) is 0 Å². The second-order valence-corrected chi connectivity index (χ2v) is 12.4. The van der Waals surface area contributed by atoms with Crippen LogP contribution in [0.2, 0.25) is 0 Å². The van der Waals surface area contributed by atoms with Crippen molar-refractivity contribution in [3.05, 3.63) is 192 Å². The maximum Gasteiger partial charge on any atom is 0.135 e. The first-order valence-electron chi connectivity index (χ1n) is 15.9. The van der Waals surface area contributed by atoms with Gasteiger partial charge < -0.3 is 4.74 Å². The lowest BCUT2D eigenvalue weighted by Gasteiger charge is -2.34. The lowest BCUT2D eigenvalue weighted by molar-refractivity contribution is 0.487. The topological polar surface area (TPSA) is 9.23 Å². The monoisotopic (exact) mass is 584 g/mol. The van der Waals surface area contributed by atoms with Crippen molar-refractivity contribution in [3.63, 3.8) is 0 Å². The van der Waals surface area contributed by atoms with Crippen LogP contribution >= 0.6 is 0 Å². The Morgan fingerprint density at radius 3 is 1.89 bits per heavy atom. The Morgan fingerprint density at radius 1 is 0.370 bits per heavy atom. The third-order valence-corrected chi connectivity index (χ3v) is 10.1. The molecule has 46 heavy (non-hydrogen) atoms. The first-order chi connectivity index (χ1) is 22.8. The molecule has 0 saturated heterocycles. The molecule has 2 aliphatic rings. The first-order valence-corrected chi connectivity index (χ1v) is 15.9. The normalized spacial score (nSPS) is 15.7. The van der Waals surface area contributed by atoms with E-state index in [1.165, 1.54) is 71.6 Å². The van der Waals surface area contributed by atoms with Crippen LogP contribution in [0.3, 0.4) is 0 Å². The predicted molar refractivity (Wildman–Crippen MR) is 190 cm³/mol. The highest BCUT2D eigenvalue weighted by molar-refractivity contribution is 6.07. The molecule has 8 aromatic rings. The molecule has 0 bridgehead atoms. The third-order valence-electron chi connectivity index (χ3n) is 10.1. The molecule has 10 rings (SSSR count). The van der Waals surface area contributed by atoms with Crippen molar-refractivity contribution < 1.29 is 4.74 Å². The Hall–Kier alpha value is -5.92. The van der Waals surface area contributed by atoms with Gasteiger partial charge in [-0.1, -0.05) is 140 Å². The zero-order valence-electron chi connectivity index (χ0n) is 25.1. The zero-order valence-corrected chi connectivity index (χ0v) is 25.1. The number of hydrogen-bond donors (Lipinski definition) is 0. The van der Waals surface area contributed by atoms with E-state index in [1.807, 2.05) is 0 Å². The minimum absolute atomic E-state index is 0.481. The summed E-state index contributed by atoms with van der Waals surface area (Å²) in [5, 5.41) is 4.89. The number of rotatable bonds is 3. The summed E-state index contributed by atoms with van der Waals surface area (Å²) in [5.41, 5.74) is 12.0. The molecule has 0 spiro atoms. The van der Waals surface area contributed by atoms with Crippen LogP contribution in [0.25, 0.3) is 54.9 Å². The van der Waals surface area contributed by atoms with Gasteiger partial charge in [0.25, 0.3) is 0 Å². The summed E-state index contributed by atoms with van der Waals surface area (Å²) in [7, 11) is 0. The molecule has 0 N–H and O–H groups in total. The summed E-state index contributed by atoms with van der Waals surface area (Å²) in [6.07, 6.45) is 0. The van der Waals surface area contributed by atoms with Crippen LogP contribution in [0, 0.1) is 0 Å².